The summed E-state index contributed by atoms with van der Waals surface area (Å²) in [4.78, 5) is 4.34. The Morgan fingerprint density at radius 2 is 2.00 bits per heavy atom. The van der Waals surface area contributed by atoms with Crippen LogP contribution in [0.1, 0.15) is 12.0 Å². The number of hydrogen-bond acceptors (Lipinski definition) is 4. The highest BCUT2D eigenvalue weighted by atomic mass is 35.5. The summed E-state index contributed by atoms with van der Waals surface area (Å²) in [5.41, 5.74) is 2.73. The van der Waals surface area contributed by atoms with Crippen LogP contribution in [0.3, 0.4) is 0 Å². The summed E-state index contributed by atoms with van der Waals surface area (Å²) in [5.74, 6) is 0.438. The summed E-state index contributed by atoms with van der Waals surface area (Å²) < 4.78 is 18.6. The van der Waals surface area contributed by atoms with Gasteiger partial charge in [-0.15, -0.1) is 0 Å². The molecular weight excluding hydrogens is 353 g/mol. The first-order valence-electron chi connectivity index (χ1n) is 8.48. The lowest BCUT2D eigenvalue weighted by Gasteiger charge is -2.11. The molecule has 0 aliphatic heterocycles. The molecule has 26 heavy (non-hydrogen) atoms. The van der Waals surface area contributed by atoms with E-state index in [1.165, 1.54) is 12.1 Å². The fourth-order valence-corrected chi connectivity index (χ4v) is 2.99. The zero-order valence-corrected chi connectivity index (χ0v) is 15.3. The van der Waals surface area contributed by atoms with Gasteiger partial charge in [0, 0.05) is 40.9 Å². The molecule has 2 aromatic carbocycles. The minimum Gasteiger partial charge on any atom is -0.496 e. The van der Waals surface area contributed by atoms with Crippen LogP contribution in [0.25, 0.3) is 10.9 Å². The molecule has 3 aromatic rings. The lowest BCUT2D eigenvalue weighted by Crippen LogP contribution is -2.18. The lowest BCUT2D eigenvalue weighted by molar-refractivity contribution is 0.406. The third kappa shape index (κ3) is 4.62. The molecule has 4 nitrogen and oxygen atoms in total. The highest BCUT2D eigenvalue weighted by molar-refractivity contribution is 6.31. The largest absolute Gasteiger partial charge is 0.496 e. The fraction of sp³-hybridized carbons (Fsp3) is 0.250. The van der Waals surface area contributed by atoms with Gasteiger partial charge in [-0.05, 0) is 55.4 Å². The molecule has 0 aliphatic carbocycles. The Morgan fingerprint density at radius 3 is 2.85 bits per heavy atom. The second-order valence-electron chi connectivity index (χ2n) is 5.93. The van der Waals surface area contributed by atoms with E-state index in [1.807, 2.05) is 24.3 Å². The Hall–Kier alpha value is -2.37. The quantitative estimate of drug-likeness (QED) is 0.565. The number of pyridine rings is 1. The van der Waals surface area contributed by atoms with E-state index in [0.29, 0.717) is 17.3 Å². The monoisotopic (exact) mass is 373 g/mol. The van der Waals surface area contributed by atoms with Crippen molar-refractivity contribution in [2.75, 3.05) is 25.5 Å². The number of methoxy groups -OCH3 is 1. The van der Waals surface area contributed by atoms with Crippen molar-refractivity contribution in [2.24, 2.45) is 0 Å². The van der Waals surface area contributed by atoms with E-state index in [-0.39, 0.29) is 5.82 Å². The van der Waals surface area contributed by atoms with Crippen molar-refractivity contribution < 1.29 is 9.13 Å². The predicted octanol–water partition coefficient (Wildman–Crippen LogP) is 4.63. The summed E-state index contributed by atoms with van der Waals surface area (Å²) in [7, 11) is 1.59. The minimum atomic E-state index is -0.256. The van der Waals surface area contributed by atoms with Crippen molar-refractivity contribution in [2.45, 2.75) is 13.0 Å². The third-order valence-corrected chi connectivity index (χ3v) is 4.34. The van der Waals surface area contributed by atoms with Crippen LogP contribution in [-0.2, 0) is 6.54 Å². The van der Waals surface area contributed by atoms with E-state index >= 15 is 0 Å². The number of nitrogens with one attached hydrogen (secondary N) is 2. The van der Waals surface area contributed by atoms with Crippen LogP contribution in [0.2, 0.25) is 5.02 Å². The maximum atomic E-state index is 13.3. The van der Waals surface area contributed by atoms with Crippen LogP contribution >= 0.6 is 11.6 Å². The highest BCUT2D eigenvalue weighted by Crippen LogP contribution is 2.24. The van der Waals surface area contributed by atoms with Crippen molar-refractivity contribution in [3.8, 4) is 5.75 Å². The maximum absolute atomic E-state index is 13.3. The maximum Gasteiger partial charge on any atom is 0.123 e. The minimum absolute atomic E-state index is 0.256. The van der Waals surface area contributed by atoms with Crippen LogP contribution in [0, 0.1) is 5.82 Å². The molecule has 0 radical (unpaired) electrons. The number of rotatable bonds is 8. The number of aromatic nitrogens is 1. The van der Waals surface area contributed by atoms with E-state index in [4.69, 9.17) is 16.3 Å². The first-order valence-corrected chi connectivity index (χ1v) is 8.86. The van der Waals surface area contributed by atoms with E-state index < -0.39 is 0 Å². The van der Waals surface area contributed by atoms with Gasteiger partial charge in [0.25, 0.3) is 0 Å². The Bertz CT molecular complexity index is 888. The van der Waals surface area contributed by atoms with Crippen molar-refractivity contribution in [1.29, 1.82) is 0 Å². The fourth-order valence-electron chi connectivity index (χ4n) is 2.82. The van der Waals surface area contributed by atoms with Crippen molar-refractivity contribution >= 4 is 28.2 Å². The zero-order valence-electron chi connectivity index (χ0n) is 14.6. The molecule has 1 aromatic heterocycles. The van der Waals surface area contributed by atoms with E-state index in [2.05, 4.69) is 15.6 Å². The molecule has 0 bridgehead atoms. The Morgan fingerprint density at radius 1 is 1.12 bits per heavy atom. The molecule has 6 heteroatoms. The number of halogens is 2. The standard InChI is InChI=1S/C20H21ClFN3O/c1-26-20-6-4-16(22)11-14(20)13-23-8-2-9-24-18-7-10-25-19-12-15(21)3-5-17(18)19/h3-7,10-12,23H,2,8-9,13H2,1H3,(H,24,25). The van der Waals surface area contributed by atoms with Gasteiger partial charge in [-0.1, -0.05) is 11.6 Å². The molecule has 0 spiro atoms. The van der Waals surface area contributed by atoms with E-state index in [0.717, 1.165) is 41.7 Å². The average molecular weight is 374 g/mol. The van der Waals surface area contributed by atoms with Gasteiger partial charge in [-0.2, -0.15) is 0 Å². The normalized spacial score (nSPS) is 10.9. The third-order valence-electron chi connectivity index (χ3n) is 4.11. The number of ether oxygens (including phenoxy) is 1. The summed E-state index contributed by atoms with van der Waals surface area (Å²) in [6, 6.07) is 12.2. The van der Waals surface area contributed by atoms with Gasteiger partial charge in [0.1, 0.15) is 11.6 Å². The van der Waals surface area contributed by atoms with E-state index in [9.17, 15) is 4.39 Å². The van der Waals surface area contributed by atoms with Gasteiger partial charge >= 0.3 is 0 Å². The summed E-state index contributed by atoms with van der Waals surface area (Å²) in [6.45, 7) is 2.19. The van der Waals surface area contributed by atoms with Gasteiger partial charge in [0.15, 0.2) is 0 Å². The molecule has 136 valence electrons. The molecule has 0 atom stereocenters. The second kappa shape index (κ2) is 8.83. The van der Waals surface area contributed by atoms with Crippen molar-refractivity contribution in [1.82, 2.24) is 10.3 Å². The molecule has 0 aliphatic rings. The first-order chi connectivity index (χ1) is 12.7. The molecule has 0 amide bonds. The van der Waals surface area contributed by atoms with Gasteiger partial charge in [-0.3, -0.25) is 4.98 Å². The van der Waals surface area contributed by atoms with Gasteiger partial charge in [0.2, 0.25) is 0 Å². The van der Waals surface area contributed by atoms with Crippen LogP contribution in [0.5, 0.6) is 5.75 Å². The predicted molar refractivity (Wildman–Crippen MR) is 105 cm³/mol. The van der Waals surface area contributed by atoms with Gasteiger partial charge in [-0.25, -0.2) is 4.39 Å². The Kier molecular flexibility index (Phi) is 6.26. The Labute approximate surface area is 157 Å². The lowest BCUT2D eigenvalue weighted by atomic mass is 10.2. The van der Waals surface area contributed by atoms with Crippen molar-refractivity contribution in [3.63, 3.8) is 0 Å². The molecule has 0 saturated heterocycles. The van der Waals surface area contributed by atoms with Crippen molar-refractivity contribution in [3.05, 3.63) is 65.1 Å². The smallest absolute Gasteiger partial charge is 0.123 e. The molecule has 0 saturated carbocycles. The molecular formula is C20H21ClFN3O. The number of fused-ring (bicyclic) bond motifs is 1. The van der Waals surface area contributed by atoms with Gasteiger partial charge < -0.3 is 15.4 Å². The summed E-state index contributed by atoms with van der Waals surface area (Å²) in [5, 5.41) is 8.48. The van der Waals surface area contributed by atoms with Gasteiger partial charge in [0.05, 0.1) is 12.6 Å². The SMILES string of the molecule is COc1ccc(F)cc1CNCCCNc1ccnc2cc(Cl)ccc12. The second-order valence-corrected chi connectivity index (χ2v) is 6.37. The number of hydrogen-bond donors (Lipinski definition) is 2. The highest BCUT2D eigenvalue weighted by Gasteiger charge is 2.05. The van der Waals surface area contributed by atoms with Crippen LogP contribution in [-0.4, -0.2) is 25.2 Å². The van der Waals surface area contributed by atoms with Crippen LogP contribution in [0.4, 0.5) is 10.1 Å². The average Bonchev–Trinajstić information content (AvgIpc) is 2.64. The molecule has 1 heterocycles. The number of benzene rings is 2. The van der Waals surface area contributed by atoms with Crippen LogP contribution in [0.15, 0.2) is 48.7 Å². The zero-order chi connectivity index (χ0) is 18.4. The first kappa shape index (κ1) is 18.4. The van der Waals surface area contributed by atoms with Crippen LogP contribution < -0.4 is 15.4 Å². The summed E-state index contributed by atoms with van der Waals surface area (Å²) in [6.07, 6.45) is 2.70. The summed E-state index contributed by atoms with van der Waals surface area (Å²) >= 11 is 6.01. The van der Waals surface area contributed by atoms with E-state index in [1.54, 1.807) is 19.4 Å². The molecule has 0 fully saturated rings. The Balaban J connectivity index is 1.47. The molecule has 3 rings (SSSR count). The molecule has 2 N–H and O–H groups in total. The molecule has 0 unspecified atom stereocenters. The number of anilines is 1. The topological polar surface area (TPSA) is 46.2 Å². The number of nitrogens with zero attached hydrogens (tertiary/aromatic N) is 1.